The Hall–Kier alpha value is -1.40. The molecule has 0 radical (unpaired) electrons. The van der Waals surface area contributed by atoms with Crippen LogP contribution in [0.2, 0.25) is 0 Å². The van der Waals surface area contributed by atoms with Crippen LogP contribution < -0.4 is 10.2 Å². The molecule has 0 unspecified atom stereocenters. The highest BCUT2D eigenvalue weighted by Gasteiger charge is 2.18. The monoisotopic (exact) mass is 306 g/mol. The molecule has 0 amide bonds. The Balaban J connectivity index is 1.57. The number of aromatic nitrogens is 2. The number of nitrogens with zero attached hydrogens (tertiary/aromatic N) is 3. The molecule has 3 heterocycles. The van der Waals surface area contributed by atoms with Gasteiger partial charge in [0.1, 0.15) is 18.0 Å². The maximum absolute atomic E-state index is 5.80. The third-order valence-corrected chi connectivity index (χ3v) is 4.31. The molecule has 0 spiro atoms. The van der Waals surface area contributed by atoms with Crippen LogP contribution >= 0.6 is 0 Å². The number of ether oxygens (including phenoxy) is 2. The van der Waals surface area contributed by atoms with Gasteiger partial charge >= 0.3 is 0 Å². The van der Waals surface area contributed by atoms with E-state index >= 15 is 0 Å². The van der Waals surface area contributed by atoms with Gasteiger partial charge in [0.2, 0.25) is 0 Å². The second-order valence-electron chi connectivity index (χ2n) is 6.19. The van der Waals surface area contributed by atoms with Crippen molar-refractivity contribution in [2.75, 3.05) is 43.6 Å². The number of hydrogen-bond acceptors (Lipinski definition) is 6. The summed E-state index contributed by atoms with van der Waals surface area (Å²) in [5, 5.41) is 3.45. The highest BCUT2D eigenvalue weighted by atomic mass is 16.5. The third-order valence-electron chi connectivity index (χ3n) is 4.31. The van der Waals surface area contributed by atoms with Crippen LogP contribution in [0.1, 0.15) is 32.1 Å². The molecule has 122 valence electrons. The van der Waals surface area contributed by atoms with E-state index in [-0.39, 0.29) is 0 Å². The Kier molecular flexibility index (Phi) is 5.45. The molecule has 6 heteroatoms. The van der Waals surface area contributed by atoms with Gasteiger partial charge in [-0.05, 0) is 32.1 Å². The van der Waals surface area contributed by atoms with Gasteiger partial charge in [0.05, 0.1) is 18.8 Å². The Bertz CT molecular complexity index is 459. The van der Waals surface area contributed by atoms with Gasteiger partial charge in [0.15, 0.2) is 0 Å². The zero-order chi connectivity index (χ0) is 15.2. The molecule has 2 aliphatic heterocycles. The first-order chi connectivity index (χ1) is 10.8. The second kappa shape index (κ2) is 7.74. The summed E-state index contributed by atoms with van der Waals surface area (Å²) in [5.41, 5.74) is 0. The van der Waals surface area contributed by atoms with Crippen LogP contribution in [0.3, 0.4) is 0 Å². The standard InChI is InChI=1S/C16H26N4O2/c1-20(10-14-6-2-3-8-22-14)16-9-15(17-12-18-16)19-13-5-4-7-21-11-13/h9,12-14H,2-8,10-11H2,1H3,(H,17,18,19)/t13-,14-/m1/s1. The van der Waals surface area contributed by atoms with Crippen molar-refractivity contribution in [2.45, 2.75) is 44.2 Å². The lowest BCUT2D eigenvalue weighted by atomic mass is 10.1. The predicted octanol–water partition coefficient (Wildman–Crippen LogP) is 2.07. The van der Waals surface area contributed by atoms with Gasteiger partial charge in [-0.15, -0.1) is 0 Å². The van der Waals surface area contributed by atoms with Crippen LogP contribution in [0.25, 0.3) is 0 Å². The van der Waals surface area contributed by atoms with Crippen molar-refractivity contribution in [1.82, 2.24) is 9.97 Å². The van der Waals surface area contributed by atoms with Crippen LogP contribution in [0.5, 0.6) is 0 Å². The Morgan fingerprint density at radius 2 is 2.18 bits per heavy atom. The smallest absolute Gasteiger partial charge is 0.133 e. The highest BCUT2D eigenvalue weighted by Crippen LogP contribution is 2.19. The molecule has 6 nitrogen and oxygen atoms in total. The molecule has 22 heavy (non-hydrogen) atoms. The van der Waals surface area contributed by atoms with E-state index in [4.69, 9.17) is 9.47 Å². The molecule has 3 rings (SSSR count). The molecule has 2 saturated heterocycles. The fourth-order valence-corrected chi connectivity index (χ4v) is 3.05. The van der Waals surface area contributed by atoms with Crippen molar-refractivity contribution in [1.29, 1.82) is 0 Å². The number of likely N-dealkylation sites (N-methyl/N-ethyl adjacent to an activating group) is 1. The lowest BCUT2D eigenvalue weighted by Gasteiger charge is -2.28. The third kappa shape index (κ3) is 4.30. The van der Waals surface area contributed by atoms with E-state index < -0.39 is 0 Å². The van der Waals surface area contributed by atoms with Crippen LogP contribution in [0, 0.1) is 0 Å². The number of anilines is 2. The molecule has 0 saturated carbocycles. The number of nitrogens with one attached hydrogen (secondary N) is 1. The van der Waals surface area contributed by atoms with Gasteiger partial charge in [0.25, 0.3) is 0 Å². The zero-order valence-electron chi connectivity index (χ0n) is 13.3. The Morgan fingerprint density at radius 1 is 1.23 bits per heavy atom. The summed E-state index contributed by atoms with van der Waals surface area (Å²) in [4.78, 5) is 10.9. The summed E-state index contributed by atoms with van der Waals surface area (Å²) in [5.74, 6) is 1.81. The van der Waals surface area contributed by atoms with E-state index in [1.807, 2.05) is 6.07 Å². The van der Waals surface area contributed by atoms with E-state index in [2.05, 4.69) is 27.2 Å². The largest absolute Gasteiger partial charge is 0.379 e. The van der Waals surface area contributed by atoms with Crippen molar-refractivity contribution in [2.24, 2.45) is 0 Å². The van der Waals surface area contributed by atoms with Crippen molar-refractivity contribution in [3.8, 4) is 0 Å². The molecular weight excluding hydrogens is 280 g/mol. The molecule has 2 aliphatic rings. The molecule has 1 N–H and O–H groups in total. The van der Waals surface area contributed by atoms with Crippen molar-refractivity contribution < 1.29 is 9.47 Å². The van der Waals surface area contributed by atoms with Crippen LogP contribution in [0.15, 0.2) is 12.4 Å². The van der Waals surface area contributed by atoms with Gasteiger partial charge in [0, 0.05) is 32.9 Å². The summed E-state index contributed by atoms with van der Waals surface area (Å²) in [7, 11) is 2.06. The minimum atomic E-state index is 0.317. The predicted molar refractivity (Wildman–Crippen MR) is 86.4 cm³/mol. The summed E-state index contributed by atoms with van der Waals surface area (Å²) in [6, 6.07) is 2.36. The van der Waals surface area contributed by atoms with E-state index in [1.165, 1.54) is 12.8 Å². The molecule has 2 atom stereocenters. The quantitative estimate of drug-likeness (QED) is 0.899. The lowest BCUT2D eigenvalue weighted by Crippen LogP contribution is -2.34. The lowest BCUT2D eigenvalue weighted by molar-refractivity contribution is 0.0215. The van der Waals surface area contributed by atoms with Gasteiger partial charge in [-0.25, -0.2) is 9.97 Å². The minimum Gasteiger partial charge on any atom is -0.379 e. The van der Waals surface area contributed by atoms with E-state index in [0.717, 1.165) is 57.3 Å². The molecule has 2 fully saturated rings. The number of hydrogen-bond donors (Lipinski definition) is 1. The first kappa shape index (κ1) is 15.5. The maximum Gasteiger partial charge on any atom is 0.133 e. The van der Waals surface area contributed by atoms with E-state index in [0.29, 0.717) is 12.1 Å². The molecular formula is C16H26N4O2. The molecule has 0 aliphatic carbocycles. The number of rotatable bonds is 5. The second-order valence-corrected chi connectivity index (χ2v) is 6.19. The average Bonchev–Trinajstić information content (AvgIpc) is 2.57. The SMILES string of the molecule is CN(C[C@H]1CCCCO1)c1cc(N[C@@H]2CCCOC2)ncn1. The van der Waals surface area contributed by atoms with Gasteiger partial charge in [-0.3, -0.25) is 0 Å². The maximum atomic E-state index is 5.80. The van der Waals surface area contributed by atoms with Crippen LogP contribution in [-0.4, -0.2) is 55.5 Å². The van der Waals surface area contributed by atoms with Crippen molar-refractivity contribution in [3.05, 3.63) is 12.4 Å². The topological polar surface area (TPSA) is 59.5 Å². The normalized spacial score (nSPS) is 25.7. The van der Waals surface area contributed by atoms with Crippen molar-refractivity contribution >= 4 is 11.6 Å². The van der Waals surface area contributed by atoms with Gasteiger partial charge in [-0.2, -0.15) is 0 Å². The first-order valence-corrected chi connectivity index (χ1v) is 8.30. The van der Waals surface area contributed by atoms with E-state index in [9.17, 15) is 0 Å². The van der Waals surface area contributed by atoms with Gasteiger partial charge in [-0.1, -0.05) is 0 Å². The summed E-state index contributed by atoms with van der Waals surface area (Å²) in [6.07, 6.45) is 7.76. The molecule has 1 aromatic heterocycles. The van der Waals surface area contributed by atoms with Gasteiger partial charge < -0.3 is 19.7 Å². The molecule has 0 aromatic carbocycles. The minimum absolute atomic E-state index is 0.317. The van der Waals surface area contributed by atoms with Crippen LogP contribution in [-0.2, 0) is 9.47 Å². The molecule has 1 aromatic rings. The molecule has 0 bridgehead atoms. The first-order valence-electron chi connectivity index (χ1n) is 8.30. The van der Waals surface area contributed by atoms with E-state index in [1.54, 1.807) is 6.33 Å². The summed E-state index contributed by atoms with van der Waals surface area (Å²) >= 11 is 0. The van der Waals surface area contributed by atoms with Crippen LogP contribution in [0.4, 0.5) is 11.6 Å². The van der Waals surface area contributed by atoms with Crippen molar-refractivity contribution in [3.63, 3.8) is 0 Å². The summed E-state index contributed by atoms with van der Waals surface area (Å²) in [6.45, 7) is 3.39. The Morgan fingerprint density at radius 3 is 2.95 bits per heavy atom. The fourth-order valence-electron chi connectivity index (χ4n) is 3.05. The zero-order valence-corrected chi connectivity index (χ0v) is 13.3. The Labute approximate surface area is 132 Å². The summed E-state index contributed by atoms with van der Waals surface area (Å²) < 4.78 is 11.3. The highest BCUT2D eigenvalue weighted by molar-refractivity contribution is 5.48. The fraction of sp³-hybridized carbons (Fsp3) is 0.750. The average molecular weight is 306 g/mol.